The number of nitrogens with one attached hydrogen (secondary N) is 2. The highest BCUT2D eigenvalue weighted by Crippen LogP contribution is 2.38. The van der Waals surface area contributed by atoms with Gasteiger partial charge in [0.2, 0.25) is 0 Å². The molecule has 216 valence electrons. The predicted molar refractivity (Wildman–Crippen MR) is 164 cm³/mol. The SMILES string of the molecule is COc1cc(C=NNC(=O)c2[nH]c3c(C)cc(C)cc3c2-c2ccccc2Cl)ccc1OC(=O)c1ccc([N+](=O)[O-])cc1. The number of carbonyl (C=O) groups is 2. The van der Waals surface area contributed by atoms with Gasteiger partial charge in [0.25, 0.3) is 11.6 Å². The standard InChI is InChI=1S/C32H25ClN4O6/c1-18-14-19(2)29-24(15-18)28(23-6-4-5-7-25(23)33)30(35-29)31(38)36-34-17-20-8-13-26(27(16-20)42-3)43-32(39)21-9-11-22(12-10-21)37(40)41/h4-17,35H,1-3H3,(H,36,38). The molecule has 0 unspecified atom stereocenters. The van der Waals surface area contributed by atoms with Crippen LogP contribution in [0, 0.1) is 24.0 Å². The number of nitro groups is 1. The zero-order valence-electron chi connectivity index (χ0n) is 23.3. The van der Waals surface area contributed by atoms with Gasteiger partial charge in [0, 0.05) is 39.2 Å². The molecule has 0 atom stereocenters. The summed E-state index contributed by atoms with van der Waals surface area (Å²) in [7, 11) is 1.41. The van der Waals surface area contributed by atoms with Crippen molar-refractivity contribution in [3.05, 3.63) is 122 Å². The first-order valence-electron chi connectivity index (χ1n) is 13.0. The van der Waals surface area contributed by atoms with E-state index in [0.717, 1.165) is 27.6 Å². The number of fused-ring (bicyclic) bond motifs is 1. The summed E-state index contributed by atoms with van der Waals surface area (Å²) in [6.07, 6.45) is 1.43. The largest absolute Gasteiger partial charge is 0.493 e. The Labute approximate surface area is 251 Å². The van der Waals surface area contributed by atoms with E-state index < -0.39 is 16.8 Å². The van der Waals surface area contributed by atoms with Crippen LogP contribution in [0.2, 0.25) is 5.02 Å². The monoisotopic (exact) mass is 596 g/mol. The number of aromatic amines is 1. The van der Waals surface area contributed by atoms with Crippen LogP contribution in [-0.2, 0) is 0 Å². The maximum absolute atomic E-state index is 13.4. The van der Waals surface area contributed by atoms with Crippen LogP contribution in [0.15, 0.2) is 84.0 Å². The molecule has 1 aromatic heterocycles. The van der Waals surface area contributed by atoms with Gasteiger partial charge < -0.3 is 14.5 Å². The first kappa shape index (κ1) is 29.0. The van der Waals surface area contributed by atoms with E-state index in [-0.39, 0.29) is 22.7 Å². The summed E-state index contributed by atoms with van der Waals surface area (Å²) < 4.78 is 10.8. The van der Waals surface area contributed by atoms with Gasteiger partial charge in [-0.3, -0.25) is 14.9 Å². The third-order valence-electron chi connectivity index (χ3n) is 6.70. The Morgan fingerprint density at radius 1 is 1.00 bits per heavy atom. The zero-order valence-corrected chi connectivity index (χ0v) is 24.1. The van der Waals surface area contributed by atoms with E-state index in [4.69, 9.17) is 21.1 Å². The molecule has 0 bridgehead atoms. The third-order valence-corrected chi connectivity index (χ3v) is 7.03. The van der Waals surface area contributed by atoms with Gasteiger partial charge in [-0.1, -0.05) is 41.4 Å². The lowest BCUT2D eigenvalue weighted by atomic mass is 9.99. The molecule has 5 aromatic rings. The quantitative estimate of drug-likeness (QED) is 0.0650. The Hall–Kier alpha value is -5.48. The Balaban J connectivity index is 1.36. The average Bonchev–Trinajstić information content (AvgIpc) is 3.37. The molecule has 0 saturated carbocycles. The number of methoxy groups -OCH3 is 1. The number of carbonyl (C=O) groups excluding carboxylic acids is 2. The molecule has 0 radical (unpaired) electrons. The second kappa shape index (κ2) is 12.2. The number of nitro benzene ring substituents is 1. The summed E-state index contributed by atoms with van der Waals surface area (Å²) in [5.74, 6) is -0.784. The van der Waals surface area contributed by atoms with E-state index in [1.807, 2.05) is 44.2 Å². The van der Waals surface area contributed by atoms with Crippen LogP contribution >= 0.6 is 11.6 Å². The van der Waals surface area contributed by atoms with Crippen molar-refractivity contribution in [2.24, 2.45) is 5.10 Å². The molecule has 43 heavy (non-hydrogen) atoms. The number of esters is 1. The van der Waals surface area contributed by atoms with Gasteiger partial charge in [0.05, 0.1) is 23.8 Å². The van der Waals surface area contributed by atoms with Gasteiger partial charge in [0.1, 0.15) is 5.69 Å². The molecule has 5 rings (SSSR count). The van der Waals surface area contributed by atoms with Crippen molar-refractivity contribution in [2.75, 3.05) is 7.11 Å². The molecule has 0 aliphatic heterocycles. The first-order valence-corrected chi connectivity index (χ1v) is 13.4. The van der Waals surface area contributed by atoms with Crippen molar-refractivity contribution >= 4 is 46.3 Å². The number of aryl methyl sites for hydroxylation is 2. The van der Waals surface area contributed by atoms with E-state index in [1.54, 1.807) is 18.2 Å². The summed E-state index contributed by atoms with van der Waals surface area (Å²) in [5.41, 5.74) is 7.73. The number of benzene rings is 4. The van der Waals surface area contributed by atoms with Crippen LogP contribution in [0.3, 0.4) is 0 Å². The van der Waals surface area contributed by atoms with E-state index in [9.17, 15) is 19.7 Å². The lowest BCUT2D eigenvalue weighted by molar-refractivity contribution is -0.384. The van der Waals surface area contributed by atoms with Gasteiger partial charge in [-0.2, -0.15) is 5.10 Å². The van der Waals surface area contributed by atoms with Crippen LogP contribution in [0.1, 0.15) is 37.5 Å². The van der Waals surface area contributed by atoms with Gasteiger partial charge in [-0.05, 0) is 67.4 Å². The van der Waals surface area contributed by atoms with Crippen molar-refractivity contribution in [1.82, 2.24) is 10.4 Å². The molecule has 0 aliphatic rings. The number of amides is 1. The number of aromatic nitrogens is 1. The van der Waals surface area contributed by atoms with E-state index in [1.165, 1.54) is 43.7 Å². The van der Waals surface area contributed by atoms with Crippen LogP contribution in [0.4, 0.5) is 5.69 Å². The molecule has 11 heteroatoms. The van der Waals surface area contributed by atoms with E-state index in [2.05, 4.69) is 15.5 Å². The lowest BCUT2D eigenvalue weighted by Crippen LogP contribution is -2.19. The zero-order chi connectivity index (χ0) is 30.7. The molecule has 0 fully saturated rings. The molecule has 1 amide bonds. The fourth-order valence-electron chi connectivity index (χ4n) is 4.72. The molecule has 0 aliphatic carbocycles. The minimum absolute atomic E-state index is 0.138. The Bertz CT molecular complexity index is 1910. The van der Waals surface area contributed by atoms with Crippen molar-refractivity contribution < 1.29 is 24.0 Å². The molecule has 0 spiro atoms. The number of ether oxygens (including phenoxy) is 2. The van der Waals surface area contributed by atoms with E-state index >= 15 is 0 Å². The highest BCUT2D eigenvalue weighted by molar-refractivity contribution is 6.34. The number of non-ortho nitro benzene ring substituents is 1. The lowest BCUT2D eigenvalue weighted by Gasteiger charge is -2.10. The number of hydrazone groups is 1. The highest BCUT2D eigenvalue weighted by Gasteiger charge is 2.22. The van der Waals surface area contributed by atoms with Gasteiger partial charge in [-0.25, -0.2) is 10.2 Å². The van der Waals surface area contributed by atoms with Crippen LogP contribution in [0.25, 0.3) is 22.0 Å². The first-order chi connectivity index (χ1) is 20.7. The highest BCUT2D eigenvalue weighted by atomic mass is 35.5. The van der Waals surface area contributed by atoms with Crippen LogP contribution in [0.5, 0.6) is 11.5 Å². The molecule has 4 aromatic carbocycles. The molecule has 0 saturated heterocycles. The molecule has 2 N–H and O–H groups in total. The molecule has 1 heterocycles. The van der Waals surface area contributed by atoms with Gasteiger partial charge in [0.15, 0.2) is 11.5 Å². The summed E-state index contributed by atoms with van der Waals surface area (Å²) in [5, 5.41) is 16.4. The second-order valence-corrected chi connectivity index (χ2v) is 10.1. The molecular weight excluding hydrogens is 572 g/mol. The summed E-state index contributed by atoms with van der Waals surface area (Å²) in [6.45, 7) is 3.97. The van der Waals surface area contributed by atoms with E-state index in [0.29, 0.717) is 21.8 Å². The van der Waals surface area contributed by atoms with Crippen LogP contribution < -0.4 is 14.9 Å². The number of hydrogen-bond donors (Lipinski definition) is 2. The van der Waals surface area contributed by atoms with Gasteiger partial charge >= 0.3 is 5.97 Å². The van der Waals surface area contributed by atoms with Crippen molar-refractivity contribution in [3.63, 3.8) is 0 Å². The van der Waals surface area contributed by atoms with Crippen molar-refractivity contribution in [1.29, 1.82) is 0 Å². The number of H-pyrrole nitrogens is 1. The Morgan fingerprint density at radius 2 is 1.74 bits per heavy atom. The topological polar surface area (TPSA) is 136 Å². The minimum atomic E-state index is -0.708. The van der Waals surface area contributed by atoms with Crippen molar-refractivity contribution in [2.45, 2.75) is 13.8 Å². The predicted octanol–water partition coefficient (Wildman–Crippen LogP) is 7.01. The average molecular weight is 597 g/mol. The summed E-state index contributed by atoms with van der Waals surface area (Å²) in [4.78, 5) is 39.5. The Morgan fingerprint density at radius 3 is 2.44 bits per heavy atom. The van der Waals surface area contributed by atoms with Gasteiger partial charge in [-0.15, -0.1) is 0 Å². The second-order valence-electron chi connectivity index (χ2n) is 9.66. The van der Waals surface area contributed by atoms with Crippen LogP contribution in [-0.4, -0.2) is 35.1 Å². The Kier molecular flexibility index (Phi) is 8.22. The third kappa shape index (κ3) is 6.09. The maximum Gasteiger partial charge on any atom is 0.343 e. The maximum atomic E-state index is 13.4. The number of rotatable bonds is 8. The minimum Gasteiger partial charge on any atom is -0.493 e. The normalized spacial score (nSPS) is 11.1. The number of nitrogens with zero attached hydrogens (tertiary/aromatic N) is 2. The number of hydrogen-bond acceptors (Lipinski definition) is 7. The van der Waals surface area contributed by atoms with Crippen molar-refractivity contribution in [3.8, 4) is 22.6 Å². The summed E-state index contributed by atoms with van der Waals surface area (Å²) >= 11 is 6.54. The number of halogens is 1. The fourth-order valence-corrected chi connectivity index (χ4v) is 4.95. The summed E-state index contributed by atoms with van der Waals surface area (Å²) in [6, 6.07) is 21.2. The smallest absolute Gasteiger partial charge is 0.343 e. The molecule has 10 nitrogen and oxygen atoms in total. The fraction of sp³-hybridized carbons (Fsp3) is 0.0938. The molecular formula is C32H25ClN4O6.